The van der Waals surface area contributed by atoms with Crippen molar-refractivity contribution >= 4 is 35.2 Å². The topological polar surface area (TPSA) is 38.9 Å². The first kappa shape index (κ1) is 25.6. The van der Waals surface area contributed by atoms with Crippen LogP contribution in [0.5, 0.6) is 0 Å². The third kappa shape index (κ3) is 6.50. The molecule has 0 aliphatic heterocycles. The zero-order valence-electron chi connectivity index (χ0n) is 26.4. The SMILES string of the molecule is CC(C)c1ccc(-c2[c-]cccc2)nc1.[2H]C([2H])([2H])c1ccc(-c2[c-]ccc3c2oc2cc([Si](C)(C)C)ccc23)nc1.[Ir]. The van der Waals surface area contributed by atoms with Crippen LogP contribution >= 0.6 is 0 Å². The molecular formula is C35H34IrN2OSi-2. The Hall–Kier alpha value is -3.37. The van der Waals surface area contributed by atoms with Gasteiger partial charge in [-0.25, -0.2) is 0 Å². The van der Waals surface area contributed by atoms with E-state index in [1.165, 1.54) is 16.9 Å². The molecule has 1 radical (unpaired) electrons. The van der Waals surface area contributed by atoms with Crippen LogP contribution in [0.3, 0.4) is 0 Å². The average molecular weight is 722 g/mol. The van der Waals surface area contributed by atoms with E-state index in [4.69, 9.17) is 8.53 Å². The maximum Gasteiger partial charge on any atom is 0.120 e. The predicted molar refractivity (Wildman–Crippen MR) is 166 cm³/mol. The molecule has 3 aromatic carbocycles. The van der Waals surface area contributed by atoms with Crippen molar-refractivity contribution in [1.29, 1.82) is 0 Å². The quantitative estimate of drug-likeness (QED) is 0.135. The second-order valence-corrected chi connectivity index (χ2v) is 16.1. The van der Waals surface area contributed by atoms with Crippen molar-refractivity contribution in [2.75, 3.05) is 0 Å². The Bertz CT molecular complexity index is 1810. The molecule has 5 heteroatoms. The van der Waals surface area contributed by atoms with Crippen molar-refractivity contribution in [3.05, 3.63) is 115 Å². The van der Waals surface area contributed by atoms with Gasteiger partial charge >= 0.3 is 0 Å². The number of fused-ring (bicyclic) bond motifs is 3. The third-order valence-electron chi connectivity index (χ3n) is 6.76. The fraction of sp³-hybridized carbons (Fsp3) is 0.200. The molecule has 40 heavy (non-hydrogen) atoms. The number of rotatable bonds is 4. The van der Waals surface area contributed by atoms with Gasteiger partial charge in [-0.3, -0.25) is 0 Å². The minimum absolute atomic E-state index is 0. The van der Waals surface area contributed by atoms with Crippen molar-refractivity contribution in [2.45, 2.75) is 46.3 Å². The normalized spacial score (nSPS) is 12.7. The van der Waals surface area contributed by atoms with E-state index in [-0.39, 0.29) is 25.7 Å². The predicted octanol–water partition coefficient (Wildman–Crippen LogP) is 8.97. The van der Waals surface area contributed by atoms with Crippen LogP contribution in [0, 0.1) is 19.0 Å². The van der Waals surface area contributed by atoms with Crippen LogP contribution in [0.1, 0.15) is 35.0 Å². The van der Waals surface area contributed by atoms with E-state index in [2.05, 4.69) is 85.9 Å². The van der Waals surface area contributed by atoms with Gasteiger partial charge in [0.15, 0.2) is 0 Å². The number of nitrogens with zero attached hydrogens (tertiary/aromatic N) is 2. The van der Waals surface area contributed by atoms with E-state index < -0.39 is 14.9 Å². The molecule has 0 fully saturated rings. The molecule has 0 saturated carbocycles. The maximum atomic E-state index is 7.49. The Morgan fingerprint density at radius 1 is 0.825 bits per heavy atom. The monoisotopic (exact) mass is 722 g/mol. The van der Waals surface area contributed by atoms with Crippen LogP contribution in [0.4, 0.5) is 0 Å². The van der Waals surface area contributed by atoms with Crippen LogP contribution in [0.2, 0.25) is 19.6 Å². The van der Waals surface area contributed by atoms with Gasteiger partial charge in [-0.1, -0.05) is 86.0 Å². The standard InChI is InChI=1S/C21H20NOSi.C14H14N.Ir/c1-14-8-11-19(22-13-14)18-7-5-6-17-16-10-9-15(24(2,3)4)12-20(16)23-21(17)18;1-11(2)13-8-9-14(15-10-13)12-6-4-3-5-7-12;/h5-6,8-13H,1-4H3;3-6,8-11H,1-2H3;/q2*-1;/i1D3;;. The largest absolute Gasteiger partial charge is 0.501 e. The fourth-order valence-corrected chi connectivity index (χ4v) is 5.55. The third-order valence-corrected chi connectivity index (χ3v) is 8.80. The van der Waals surface area contributed by atoms with Crippen LogP contribution in [0.25, 0.3) is 44.5 Å². The van der Waals surface area contributed by atoms with Crippen LogP contribution in [-0.2, 0) is 20.1 Å². The summed E-state index contributed by atoms with van der Waals surface area (Å²) in [5, 5.41) is 3.43. The van der Waals surface area contributed by atoms with Crippen molar-refractivity contribution in [3.8, 4) is 22.5 Å². The Labute approximate surface area is 256 Å². The molecule has 6 rings (SSSR count). The average Bonchev–Trinajstić information content (AvgIpc) is 3.35. The van der Waals surface area contributed by atoms with E-state index in [0.29, 0.717) is 11.6 Å². The summed E-state index contributed by atoms with van der Waals surface area (Å²) in [4.78, 5) is 8.79. The minimum Gasteiger partial charge on any atom is -0.501 e. The van der Waals surface area contributed by atoms with Gasteiger partial charge in [0.25, 0.3) is 0 Å². The number of hydrogen-bond acceptors (Lipinski definition) is 3. The zero-order valence-corrected chi connectivity index (χ0v) is 26.8. The van der Waals surface area contributed by atoms with E-state index in [9.17, 15) is 0 Å². The van der Waals surface area contributed by atoms with E-state index in [1.54, 1.807) is 12.1 Å². The molecular weight excluding hydrogens is 685 g/mol. The maximum absolute atomic E-state index is 7.49. The van der Waals surface area contributed by atoms with Gasteiger partial charge in [0.1, 0.15) is 5.58 Å². The summed E-state index contributed by atoms with van der Waals surface area (Å²) < 4.78 is 28.7. The summed E-state index contributed by atoms with van der Waals surface area (Å²) in [6, 6.07) is 32.1. The minimum atomic E-state index is -2.16. The van der Waals surface area contributed by atoms with Crippen molar-refractivity contribution in [2.24, 2.45) is 0 Å². The molecule has 205 valence electrons. The molecule has 0 aliphatic carbocycles. The first-order chi connectivity index (χ1) is 19.9. The van der Waals surface area contributed by atoms with Crippen LogP contribution in [0.15, 0.2) is 95.7 Å². The van der Waals surface area contributed by atoms with E-state index >= 15 is 0 Å². The molecule has 0 spiro atoms. The zero-order chi connectivity index (χ0) is 30.1. The molecule has 0 unspecified atom stereocenters. The number of furan rings is 1. The molecule has 0 amide bonds. The van der Waals surface area contributed by atoms with E-state index in [1.807, 2.05) is 42.6 Å². The molecule has 0 atom stereocenters. The number of hydrogen-bond donors (Lipinski definition) is 0. The summed E-state index contributed by atoms with van der Waals surface area (Å²) in [7, 11) is -1.43. The summed E-state index contributed by atoms with van der Waals surface area (Å²) in [6.45, 7) is 9.12. The van der Waals surface area contributed by atoms with Gasteiger partial charge in [0.05, 0.1) is 13.7 Å². The smallest absolute Gasteiger partial charge is 0.120 e. The number of pyridine rings is 2. The van der Waals surface area contributed by atoms with Gasteiger partial charge in [0, 0.05) is 42.0 Å². The van der Waals surface area contributed by atoms with E-state index in [0.717, 1.165) is 38.8 Å². The van der Waals surface area contributed by atoms with Crippen molar-refractivity contribution in [1.82, 2.24) is 9.97 Å². The summed E-state index contributed by atoms with van der Waals surface area (Å²) in [6.07, 6.45) is 3.35. The molecule has 0 bridgehead atoms. The number of aryl methyl sites for hydroxylation is 1. The van der Waals surface area contributed by atoms with Crippen LogP contribution < -0.4 is 5.19 Å². The van der Waals surface area contributed by atoms with Crippen LogP contribution in [-0.4, -0.2) is 18.0 Å². The molecule has 3 nitrogen and oxygen atoms in total. The summed E-state index contributed by atoms with van der Waals surface area (Å²) >= 11 is 0. The first-order valence-electron chi connectivity index (χ1n) is 14.7. The van der Waals surface area contributed by atoms with Gasteiger partial charge in [-0.2, -0.15) is 0 Å². The first-order valence-corrected chi connectivity index (χ1v) is 16.7. The second-order valence-electron chi connectivity index (χ2n) is 11.0. The molecule has 6 aromatic rings. The molecule has 3 aromatic heterocycles. The molecule has 3 heterocycles. The Morgan fingerprint density at radius 2 is 1.62 bits per heavy atom. The summed E-state index contributed by atoms with van der Waals surface area (Å²) in [5.41, 5.74) is 6.53. The second kappa shape index (κ2) is 12.4. The van der Waals surface area contributed by atoms with Gasteiger partial charge in [0.2, 0.25) is 0 Å². The van der Waals surface area contributed by atoms with Gasteiger partial charge in [-0.05, 0) is 41.4 Å². The number of benzene rings is 3. The van der Waals surface area contributed by atoms with Gasteiger partial charge < -0.3 is 14.4 Å². The van der Waals surface area contributed by atoms with Crippen molar-refractivity contribution < 1.29 is 28.6 Å². The fourth-order valence-electron chi connectivity index (χ4n) is 4.40. The molecule has 0 saturated heterocycles. The van der Waals surface area contributed by atoms with Gasteiger partial charge in [-0.15, -0.1) is 54.1 Å². The summed E-state index contributed by atoms with van der Waals surface area (Å²) in [5.74, 6) is 0.534. The Balaban J connectivity index is 0.000000225. The molecule has 0 N–H and O–H groups in total. The molecule has 0 aliphatic rings. The number of aromatic nitrogens is 2. The Kier molecular flexibility index (Phi) is 7.95. The Morgan fingerprint density at radius 3 is 2.25 bits per heavy atom. The van der Waals surface area contributed by atoms with Crippen molar-refractivity contribution in [3.63, 3.8) is 0 Å².